The van der Waals surface area contributed by atoms with Crippen molar-refractivity contribution in [3.63, 3.8) is 0 Å². The highest BCUT2D eigenvalue weighted by Crippen LogP contribution is 2.24. The lowest BCUT2D eigenvalue weighted by Gasteiger charge is -2.10. The molecular formula is C25H25N3O. The first-order chi connectivity index (χ1) is 14.1. The zero-order valence-corrected chi connectivity index (χ0v) is 17.0. The van der Waals surface area contributed by atoms with Crippen LogP contribution in [0.4, 0.5) is 5.69 Å². The molecule has 29 heavy (non-hydrogen) atoms. The fourth-order valence-corrected chi connectivity index (χ4v) is 3.43. The first kappa shape index (κ1) is 18.8. The Morgan fingerprint density at radius 2 is 1.62 bits per heavy atom. The molecule has 146 valence electrons. The molecule has 1 aromatic heterocycles. The van der Waals surface area contributed by atoms with Crippen LogP contribution in [0.25, 0.3) is 16.8 Å². The average Bonchev–Trinajstić information content (AvgIpc) is 3.11. The summed E-state index contributed by atoms with van der Waals surface area (Å²) in [5.41, 5.74) is 7.90. The number of ether oxygens (including phenoxy) is 1. The van der Waals surface area contributed by atoms with Gasteiger partial charge in [0.05, 0.1) is 18.5 Å². The van der Waals surface area contributed by atoms with Gasteiger partial charge in [-0.05, 0) is 73.0 Å². The summed E-state index contributed by atoms with van der Waals surface area (Å²) in [6, 6.07) is 27.2. The van der Waals surface area contributed by atoms with E-state index in [9.17, 15) is 0 Å². The van der Waals surface area contributed by atoms with Gasteiger partial charge in [-0.1, -0.05) is 36.4 Å². The molecular weight excluding hydrogens is 358 g/mol. The second kappa shape index (κ2) is 8.23. The van der Waals surface area contributed by atoms with Crippen LogP contribution in [0.5, 0.6) is 5.75 Å². The second-order valence-corrected chi connectivity index (χ2v) is 7.17. The lowest BCUT2D eigenvalue weighted by molar-refractivity contribution is 0.415. The van der Waals surface area contributed by atoms with E-state index in [0.29, 0.717) is 0 Å². The highest BCUT2D eigenvalue weighted by Gasteiger charge is 2.04. The Hall–Kier alpha value is -3.53. The van der Waals surface area contributed by atoms with Gasteiger partial charge in [0.25, 0.3) is 0 Å². The van der Waals surface area contributed by atoms with Gasteiger partial charge in [-0.15, -0.1) is 0 Å². The lowest BCUT2D eigenvalue weighted by atomic mass is 10.0. The zero-order valence-electron chi connectivity index (χ0n) is 17.0. The largest absolute Gasteiger partial charge is 0.497 e. The van der Waals surface area contributed by atoms with Gasteiger partial charge >= 0.3 is 0 Å². The Labute approximate surface area is 171 Å². The summed E-state index contributed by atoms with van der Waals surface area (Å²) >= 11 is 0. The quantitative estimate of drug-likeness (QED) is 0.459. The van der Waals surface area contributed by atoms with Crippen LogP contribution < -0.4 is 10.1 Å². The minimum absolute atomic E-state index is 0.775. The topological polar surface area (TPSA) is 39.1 Å². The molecule has 4 heteroatoms. The number of benzene rings is 3. The molecule has 0 saturated heterocycles. The van der Waals surface area contributed by atoms with Gasteiger partial charge in [0, 0.05) is 17.9 Å². The van der Waals surface area contributed by atoms with E-state index < -0.39 is 0 Å². The number of methoxy groups -OCH3 is 1. The summed E-state index contributed by atoms with van der Waals surface area (Å²) in [6.07, 6.45) is 0. The van der Waals surface area contributed by atoms with Crippen LogP contribution in [0.3, 0.4) is 0 Å². The summed E-state index contributed by atoms with van der Waals surface area (Å²) < 4.78 is 7.29. The van der Waals surface area contributed by atoms with Crippen molar-refractivity contribution in [1.82, 2.24) is 9.78 Å². The van der Waals surface area contributed by atoms with E-state index in [0.717, 1.165) is 40.6 Å². The molecule has 0 spiro atoms. The SMILES string of the molecule is COc1cccc(-c2ccc(CNc3ccc(-n4nc(C)cc4C)cc3)cc2)c1. The van der Waals surface area contributed by atoms with Crippen LogP contribution in [0.2, 0.25) is 0 Å². The van der Waals surface area contributed by atoms with E-state index in [1.54, 1.807) is 7.11 Å². The molecule has 0 unspecified atom stereocenters. The molecule has 0 aliphatic rings. The third-order valence-electron chi connectivity index (χ3n) is 4.98. The maximum absolute atomic E-state index is 5.32. The van der Waals surface area contributed by atoms with Crippen LogP contribution in [0.15, 0.2) is 78.9 Å². The molecule has 1 N–H and O–H groups in total. The van der Waals surface area contributed by atoms with Crippen molar-refractivity contribution in [2.75, 3.05) is 12.4 Å². The first-order valence-electron chi connectivity index (χ1n) is 9.73. The number of nitrogens with zero attached hydrogens (tertiary/aromatic N) is 2. The Bertz CT molecular complexity index is 1100. The Morgan fingerprint density at radius 1 is 0.862 bits per heavy atom. The summed E-state index contributed by atoms with van der Waals surface area (Å²) in [7, 11) is 1.69. The average molecular weight is 383 g/mol. The maximum atomic E-state index is 5.32. The van der Waals surface area contributed by atoms with Crippen LogP contribution in [-0.2, 0) is 6.54 Å². The Morgan fingerprint density at radius 3 is 2.28 bits per heavy atom. The lowest BCUT2D eigenvalue weighted by Crippen LogP contribution is -2.01. The smallest absolute Gasteiger partial charge is 0.119 e. The molecule has 0 aliphatic carbocycles. The number of nitrogens with one attached hydrogen (secondary N) is 1. The van der Waals surface area contributed by atoms with Gasteiger partial charge < -0.3 is 10.1 Å². The van der Waals surface area contributed by atoms with E-state index in [4.69, 9.17) is 4.74 Å². The van der Waals surface area contributed by atoms with Crippen molar-refractivity contribution < 1.29 is 4.74 Å². The van der Waals surface area contributed by atoms with Crippen molar-refractivity contribution in [3.8, 4) is 22.6 Å². The highest BCUT2D eigenvalue weighted by molar-refractivity contribution is 5.65. The van der Waals surface area contributed by atoms with E-state index in [-0.39, 0.29) is 0 Å². The number of rotatable bonds is 6. The highest BCUT2D eigenvalue weighted by atomic mass is 16.5. The van der Waals surface area contributed by atoms with Gasteiger partial charge in [0.2, 0.25) is 0 Å². The van der Waals surface area contributed by atoms with Crippen molar-refractivity contribution in [2.24, 2.45) is 0 Å². The van der Waals surface area contributed by atoms with E-state index in [2.05, 4.69) is 84.1 Å². The molecule has 0 saturated carbocycles. The van der Waals surface area contributed by atoms with Crippen molar-refractivity contribution in [2.45, 2.75) is 20.4 Å². The predicted molar refractivity (Wildman–Crippen MR) is 119 cm³/mol. The summed E-state index contributed by atoms with van der Waals surface area (Å²) in [6.45, 7) is 4.86. The molecule has 0 fully saturated rings. The molecule has 0 bridgehead atoms. The molecule has 4 aromatic rings. The maximum Gasteiger partial charge on any atom is 0.119 e. The van der Waals surface area contributed by atoms with Crippen LogP contribution in [0.1, 0.15) is 17.0 Å². The Balaban J connectivity index is 1.40. The van der Waals surface area contributed by atoms with Gasteiger partial charge in [0.1, 0.15) is 5.75 Å². The number of anilines is 1. The van der Waals surface area contributed by atoms with Crippen molar-refractivity contribution >= 4 is 5.69 Å². The minimum Gasteiger partial charge on any atom is -0.497 e. The molecule has 0 atom stereocenters. The minimum atomic E-state index is 0.775. The van der Waals surface area contributed by atoms with Crippen LogP contribution >= 0.6 is 0 Å². The van der Waals surface area contributed by atoms with Crippen LogP contribution in [-0.4, -0.2) is 16.9 Å². The first-order valence-corrected chi connectivity index (χ1v) is 9.73. The number of aryl methyl sites for hydroxylation is 2. The fraction of sp³-hybridized carbons (Fsp3) is 0.160. The molecule has 0 amide bonds. The second-order valence-electron chi connectivity index (χ2n) is 7.17. The third kappa shape index (κ3) is 4.32. The zero-order chi connectivity index (χ0) is 20.2. The molecule has 1 heterocycles. The van der Waals surface area contributed by atoms with E-state index in [1.807, 2.05) is 23.7 Å². The van der Waals surface area contributed by atoms with Crippen molar-refractivity contribution in [3.05, 3.63) is 95.8 Å². The van der Waals surface area contributed by atoms with E-state index >= 15 is 0 Å². The van der Waals surface area contributed by atoms with E-state index in [1.165, 1.54) is 11.1 Å². The predicted octanol–water partition coefficient (Wildman–Crippen LogP) is 5.78. The molecule has 0 aliphatic heterocycles. The molecule has 4 nitrogen and oxygen atoms in total. The Kier molecular flexibility index (Phi) is 5.34. The van der Waals surface area contributed by atoms with Crippen LogP contribution in [0, 0.1) is 13.8 Å². The summed E-state index contributed by atoms with van der Waals surface area (Å²) in [4.78, 5) is 0. The standard InChI is InChI=1S/C25H25N3O/c1-18-15-19(2)28(27-18)24-13-11-23(12-14-24)26-17-20-7-9-21(10-8-20)22-5-4-6-25(16-22)29-3/h4-16,26H,17H2,1-3H3. The van der Waals surface area contributed by atoms with Gasteiger partial charge in [-0.3, -0.25) is 0 Å². The fourth-order valence-electron chi connectivity index (χ4n) is 3.43. The normalized spacial score (nSPS) is 10.7. The van der Waals surface area contributed by atoms with Crippen molar-refractivity contribution in [1.29, 1.82) is 0 Å². The molecule has 4 rings (SSSR count). The molecule has 0 radical (unpaired) electrons. The summed E-state index contributed by atoms with van der Waals surface area (Å²) in [5.74, 6) is 0.872. The number of hydrogen-bond acceptors (Lipinski definition) is 3. The van der Waals surface area contributed by atoms with Gasteiger partial charge in [-0.25, -0.2) is 4.68 Å². The monoisotopic (exact) mass is 383 g/mol. The number of aromatic nitrogens is 2. The van der Waals surface area contributed by atoms with Gasteiger partial charge in [0.15, 0.2) is 0 Å². The molecule has 3 aromatic carbocycles. The number of hydrogen-bond donors (Lipinski definition) is 1. The third-order valence-corrected chi connectivity index (χ3v) is 4.98. The summed E-state index contributed by atoms with van der Waals surface area (Å²) in [5, 5.41) is 8.02. The van der Waals surface area contributed by atoms with Gasteiger partial charge in [-0.2, -0.15) is 5.10 Å².